The lowest BCUT2D eigenvalue weighted by Gasteiger charge is -2.24. The van der Waals surface area contributed by atoms with Gasteiger partial charge in [0.05, 0.1) is 34.4 Å². The monoisotopic (exact) mass is 875 g/mol. The zero-order valence-electron chi connectivity index (χ0n) is 41.0. The average Bonchev–Trinajstić information content (AvgIpc) is 3.20. The Hall–Kier alpha value is -0.500. The number of carbonyl (C=O) groups excluding carboxylic acids is 1. The number of carbonyl (C=O) groups is 1. The minimum absolute atomic E-state index is 0.0943. The number of quaternary nitrogens is 1. The predicted molar refractivity (Wildman–Crippen MR) is 257 cm³/mol. The normalized spacial score (nSPS) is 13.5. The second-order valence-corrected chi connectivity index (χ2v) is 20.7. The first-order valence-electron chi connectivity index (χ1n) is 26.3. The highest BCUT2D eigenvalue weighted by molar-refractivity contribution is 7.47. The molecule has 0 heterocycles. The number of nitrogens with zero attached hydrogens (tertiary/aromatic N) is 1. The Balaban J connectivity index is 4.07. The molecule has 360 valence electrons. The first-order chi connectivity index (χ1) is 29.1. The molecule has 8 nitrogen and oxygen atoms in total. The molecule has 0 bridgehead atoms. The van der Waals surface area contributed by atoms with Gasteiger partial charge in [0.15, 0.2) is 0 Å². The second-order valence-electron chi connectivity index (χ2n) is 19.3. The van der Waals surface area contributed by atoms with Gasteiger partial charge >= 0.3 is 13.8 Å². The van der Waals surface area contributed by atoms with Gasteiger partial charge in [-0.05, 0) is 12.8 Å². The molecule has 0 aliphatic rings. The van der Waals surface area contributed by atoms with Gasteiger partial charge in [-0.2, -0.15) is 0 Å². The maximum atomic E-state index is 12.8. The number of esters is 1. The molecule has 0 aromatic rings. The third-order valence-corrected chi connectivity index (χ3v) is 12.9. The van der Waals surface area contributed by atoms with E-state index in [2.05, 4.69) is 13.8 Å². The van der Waals surface area contributed by atoms with Crippen LogP contribution in [0.5, 0.6) is 0 Å². The van der Waals surface area contributed by atoms with Crippen LogP contribution >= 0.6 is 7.82 Å². The molecule has 1 unspecified atom stereocenters. The quantitative estimate of drug-likeness (QED) is 0.0282. The number of hydrogen-bond donors (Lipinski definition) is 1. The lowest BCUT2D eigenvalue weighted by molar-refractivity contribution is -0.870. The van der Waals surface area contributed by atoms with Gasteiger partial charge in [0.25, 0.3) is 0 Å². The number of ether oxygens (including phenoxy) is 2. The van der Waals surface area contributed by atoms with E-state index in [4.69, 9.17) is 18.5 Å². The van der Waals surface area contributed by atoms with Crippen LogP contribution in [0.2, 0.25) is 0 Å². The van der Waals surface area contributed by atoms with Gasteiger partial charge in [0.2, 0.25) is 0 Å². The van der Waals surface area contributed by atoms with Gasteiger partial charge in [0.1, 0.15) is 19.3 Å². The largest absolute Gasteiger partial charge is 0.472 e. The number of phosphoric ester groups is 1. The maximum Gasteiger partial charge on any atom is 0.472 e. The first-order valence-corrected chi connectivity index (χ1v) is 27.8. The number of likely N-dealkylation sites (N-methyl/N-ethyl adjacent to an activating group) is 1. The Morgan fingerprint density at radius 3 is 1.10 bits per heavy atom. The van der Waals surface area contributed by atoms with Gasteiger partial charge in [-0.3, -0.25) is 13.8 Å². The van der Waals surface area contributed by atoms with Crippen LogP contribution in [-0.2, 0) is 27.9 Å². The molecule has 0 spiro atoms. The van der Waals surface area contributed by atoms with Crippen molar-refractivity contribution < 1.29 is 37.3 Å². The Bertz CT molecular complexity index is 930. The molecule has 0 fully saturated rings. The fraction of sp³-hybridized carbons (Fsp3) is 0.980. The molecule has 0 saturated carbocycles. The Morgan fingerprint density at radius 1 is 0.450 bits per heavy atom. The van der Waals surface area contributed by atoms with Crippen molar-refractivity contribution in [3.63, 3.8) is 0 Å². The minimum atomic E-state index is -4.27. The molecule has 0 amide bonds. The maximum absolute atomic E-state index is 12.8. The van der Waals surface area contributed by atoms with Gasteiger partial charge in [-0.1, -0.05) is 245 Å². The van der Waals surface area contributed by atoms with Crippen LogP contribution in [0.3, 0.4) is 0 Å². The molecular weight excluding hydrogens is 770 g/mol. The van der Waals surface area contributed by atoms with Gasteiger partial charge < -0.3 is 18.9 Å². The van der Waals surface area contributed by atoms with Crippen LogP contribution in [0, 0.1) is 0 Å². The first kappa shape index (κ1) is 59.5. The van der Waals surface area contributed by atoms with Crippen molar-refractivity contribution in [2.45, 2.75) is 270 Å². The highest BCUT2D eigenvalue weighted by atomic mass is 31.2. The molecule has 0 aromatic carbocycles. The third kappa shape index (κ3) is 48.5. The fourth-order valence-corrected chi connectivity index (χ4v) is 8.59. The van der Waals surface area contributed by atoms with Crippen molar-refractivity contribution in [3.05, 3.63) is 0 Å². The van der Waals surface area contributed by atoms with E-state index in [0.717, 1.165) is 32.1 Å². The molecule has 0 rings (SSSR count). The number of unbranched alkanes of at least 4 members (excludes halogenated alkanes) is 36. The number of rotatable bonds is 50. The molecule has 1 N–H and O–H groups in total. The summed E-state index contributed by atoms with van der Waals surface area (Å²) < 4.78 is 35.2. The average molecular weight is 875 g/mol. The Labute approximate surface area is 374 Å². The van der Waals surface area contributed by atoms with Crippen molar-refractivity contribution in [1.82, 2.24) is 0 Å². The predicted octanol–water partition coefficient (Wildman–Crippen LogP) is 16.0. The summed E-state index contributed by atoms with van der Waals surface area (Å²) in [5.74, 6) is -0.304. The van der Waals surface area contributed by atoms with E-state index in [1.807, 2.05) is 21.1 Å². The zero-order chi connectivity index (χ0) is 44.1. The topological polar surface area (TPSA) is 91.3 Å². The summed E-state index contributed by atoms with van der Waals surface area (Å²) in [6, 6.07) is 0. The van der Waals surface area contributed by atoms with Gasteiger partial charge in [-0.15, -0.1) is 0 Å². The van der Waals surface area contributed by atoms with Crippen LogP contribution < -0.4 is 0 Å². The van der Waals surface area contributed by atoms with E-state index in [1.54, 1.807) is 0 Å². The Morgan fingerprint density at radius 2 is 0.767 bits per heavy atom. The molecule has 9 heteroatoms. The van der Waals surface area contributed by atoms with Crippen LogP contribution in [0.4, 0.5) is 0 Å². The fourth-order valence-electron chi connectivity index (χ4n) is 7.85. The van der Waals surface area contributed by atoms with E-state index in [1.165, 1.54) is 212 Å². The van der Waals surface area contributed by atoms with Crippen molar-refractivity contribution in [3.8, 4) is 0 Å². The van der Waals surface area contributed by atoms with Crippen molar-refractivity contribution in [2.75, 3.05) is 54.1 Å². The van der Waals surface area contributed by atoms with Crippen molar-refractivity contribution >= 4 is 13.8 Å². The van der Waals surface area contributed by atoms with Crippen LogP contribution in [0.25, 0.3) is 0 Å². The summed E-state index contributed by atoms with van der Waals surface area (Å²) in [6.07, 6.45) is 50.0. The number of phosphoric acid groups is 1. The summed E-state index contributed by atoms with van der Waals surface area (Å²) >= 11 is 0. The van der Waals surface area contributed by atoms with E-state index in [0.29, 0.717) is 24.1 Å². The SMILES string of the molecule is CCCCCCCCCCCCCCCCCCCCCCOC[C@H](COP(=O)(O)OCC[N+](C)(C)C)OC(=O)CCCCCCCCCCCCCCCCCCCC. The summed E-state index contributed by atoms with van der Waals surface area (Å²) in [5.41, 5.74) is 0. The smallest absolute Gasteiger partial charge is 0.457 e. The molecule has 0 aromatic heterocycles. The van der Waals surface area contributed by atoms with Crippen LogP contribution in [0.1, 0.15) is 264 Å². The molecule has 0 aliphatic carbocycles. The zero-order valence-corrected chi connectivity index (χ0v) is 41.9. The standard InChI is InChI=1S/C51H104NO7P/c1-6-8-10-12-14-16-18-20-22-24-26-27-29-31-33-35-37-39-41-43-46-56-48-50(49-58-60(54,55)57-47-45-52(3,4)5)59-51(53)44-42-40-38-36-34-32-30-28-25-23-21-19-17-15-13-11-9-7-2/h50H,6-49H2,1-5H3/p+1/t50-/m1/s1. The molecule has 2 atom stereocenters. The minimum Gasteiger partial charge on any atom is -0.457 e. The van der Waals surface area contributed by atoms with E-state index in [9.17, 15) is 14.3 Å². The van der Waals surface area contributed by atoms with E-state index in [-0.39, 0.29) is 25.8 Å². The summed E-state index contributed by atoms with van der Waals surface area (Å²) in [6.45, 7) is 5.71. The second kappa shape index (κ2) is 45.1. The summed E-state index contributed by atoms with van der Waals surface area (Å²) in [5, 5.41) is 0. The van der Waals surface area contributed by atoms with Crippen LogP contribution in [-0.4, -0.2) is 75.6 Å². The lowest BCUT2D eigenvalue weighted by atomic mass is 10.0. The van der Waals surface area contributed by atoms with Gasteiger partial charge in [0, 0.05) is 13.0 Å². The Kier molecular flexibility index (Phi) is 44.7. The van der Waals surface area contributed by atoms with E-state index >= 15 is 0 Å². The van der Waals surface area contributed by atoms with Gasteiger partial charge in [-0.25, -0.2) is 4.57 Å². The molecule has 0 aliphatic heterocycles. The lowest BCUT2D eigenvalue weighted by Crippen LogP contribution is -2.37. The van der Waals surface area contributed by atoms with Crippen molar-refractivity contribution in [2.24, 2.45) is 0 Å². The third-order valence-electron chi connectivity index (χ3n) is 11.9. The summed E-state index contributed by atoms with van der Waals surface area (Å²) in [4.78, 5) is 23.0. The summed E-state index contributed by atoms with van der Waals surface area (Å²) in [7, 11) is 1.69. The van der Waals surface area contributed by atoms with E-state index < -0.39 is 13.9 Å². The molecular formula is C51H105NO7P+. The highest BCUT2D eigenvalue weighted by Crippen LogP contribution is 2.43. The molecule has 0 saturated heterocycles. The van der Waals surface area contributed by atoms with Crippen molar-refractivity contribution in [1.29, 1.82) is 0 Å². The molecule has 60 heavy (non-hydrogen) atoms. The number of hydrogen-bond acceptors (Lipinski definition) is 6. The highest BCUT2D eigenvalue weighted by Gasteiger charge is 2.26. The molecule has 0 radical (unpaired) electrons. The van der Waals surface area contributed by atoms with Crippen LogP contribution in [0.15, 0.2) is 0 Å².